The lowest BCUT2D eigenvalue weighted by molar-refractivity contribution is -0.0184. The van der Waals surface area contributed by atoms with Gasteiger partial charge in [0.1, 0.15) is 7.85 Å². The molecule has 0 aromatic heterocycles. The third-order valence-corrected chi connectivity index (χ3v) is 7.16. The minimum absolute atomic E-state index is 0.0417. The Balaban J connectivity index is 2.81. The molecule has 1 saturated carbocycles. The maximum Gasteiger partial charge on any atom is 0.472 e. The van der Waals surface area contributed by atoms with Gasteiger partial charge in [-0.3, -0.25) is 13.6 Å². The molecule has 1 fully saturated rings. The van der Waals surface area contributed by atoms with E-state index in [0.29, 0.717) is 19.3 Å². The van der Waals surface area contributed by atoms with E-state index in [4.69, 9.17) is 13.8 Å². The summed E-state index contributed by atoms with van der Waals surface area (Å²) in [5.74, 6) is -0.102. The average Bonchev–Trinajstić information content (AvgIpc) is 2.79. The van der Waals surface area contributed by atoms with Gasteiger partial charge in [-0.15, -0.1) is 0 Å². The molecule has 0 spiro atoms. The number of hydrogen-bond donors (Lipinski definition) is 2. The molecule has 0 aliphatic heterocycles. The van der Waals surface area contributed by atoms with Gasteiger partial charge in [0.15, 0.2) is 0 Å². The number of phosphoric ester groups is 1. The highest BCUT2D eigenvalue weighted by Gasteiger charge is 2.46. The first-order valence-corrected chi connectivity index (χ1v) is 11.9. The smallest absolute Gasteiger partial charge is 0.379 e. The van der Waals surface area contributed by atoms with Crippen LogP contribution >= 0.6 is 15.4 Å². The van der Waals surface area contributed by atoms with Crippen LogP contribution < -0.4 is 0 Å². The molecule has 0 saturated heterocycles. The second-order valence-corrected chi connectivity index (χ2v) is 10.2. The van der Waals surface area contributed by atoms with E-state index < -0.39 is 27.6 Å². The molecule has 0 bridgehead atoms. The normalized spacial score (nSPS) is 32.9. The highest BCUT2D eigenvalue weighted by atomic mass is 31.2. The Kier molecular flexibility index (Phi) is 9.33. The van der Waals surface area contributed by atoms with Crippen LogP contribution in [0.1, 0.15) is 39.5 Å². The van der Waals surface area contributed by atoms with Gasteiger partial charge in [-0.05, 0) is 37.9 Å². The van der Waals surface area contributed by atoms with Gasteiger partial charge < -0.3 is 19.0 Å². The van der Waals surface area contributed by atoms with Gasteiger partial charge in [-0.2, -0.15) is 0 Å². The van der Waals surface area contributed by atoms with Crippen molar-refractivity contribution in [3.63, 3.8) is 0 Å². The lowest BCUT2D eigenvalue weighted by Gasteiger charge is -2.28. The number of hydrogen-bond acceptors (Lipinski definition) is 6. The molecular weight excluding hydrogens is 369 g/mol. The Morgan fingerprint density at radius 1 is 1.24 bits per heavy atom. The Labute approximate surface area is 151 Å². The number of phosphoric acid groups is 1. The number of rotatable bonds is 11. The van der Waals surface area contributed by atoms with Crippen LogP contribution in [-0.4, -0.2) is 56.3 Å². The zero-order valence-electron chi connectivity index (χ0n) is 15.7. The van der Waals surface area contributed by atoms with E-state index in [9.17, 15) is 18.9 Å². The van der Waals surface area contributed by atoms with Crippen LogP contribution in [0.3, 0.4) is 0 Å². The fourth-order valence-electron chi connectivity index (χ4n) is 3.42. The molecule has 4 unspecified atom stereocenters. The Morgan fingerprint density at radius 3 is 2.40 bits per heavy atom. The molecule has 1 aliphatic rings. The van der Waals surface area contributed by atoms with Gasteiger partial charge in [-0.25, -0.2) is 4.57 Å². The lowest BCUT2D eigenvalue weighted by Crippen LogP contribution is -2.32. The van der Waals surface area contributed by atoms with E-state index in [0.717, 1.165) is 6.42 Å². The van der Waals surface area contributed by atoms with Crippen molar-refractivity contribution in [1.82, 2.24) is 0 Å². The number of ether oxygens (including phenoxy) is 1. The number of methoxy groups -OCH3 is 1. The van der Waals surface area contributed by atoms with Gasteiger partial charge in [0, 0.05) is 14.2 Å². The van der Waals surface area contributed by atoms with E-state index in [1.54, 1.807) is 6.92 Å². The van der Waals surface area contributed by atoms with Gasteiger partial charge in [0.25, 0.3) is 0 Å². The molecule has 25 heavy (non-hydrogen) atoms. The first-order chi connectivity index (χ1) is 11.5. The van der Waals surface area contributed by atoms with E-state index in [1.165, 1.54) is 14.2 Å². The summed E-state index contributed by atoms with van der Waals surface area (Å²) in [5, 5.41) is 0. The van der Waals surface area contributed by atoms with Crippen LogP contribution in [0.5, 0.6) is 0 Å². The molecule has 8 nitrogen and oxygen atoms in total. The van der Waals surface area contributed by atoms with Crippen molar-refractivity contribution < 1.29 is 37.2 Å². The van der Waals surface area contributed by atoms with Crippen molar-refractivity contribution >= 4 is 23.3 Å². The fraction of sp³-hybridized carbons (Fsp3) is 1.00. The molecule has 11 heteroatoms. The topological polar surface area (TPSA) is 112 Å². The van der Waals surface area contributed by atoms with Crippen molar-refractivity contribution in [3.05, 3.63) is 0 Å². The van der Waals surface area contributed by atoms with Crippen LogP contribution in [0.4, 0.5) is 0 Å². The monoisotopic (exact) mass is 400 g/mol. The van der Waals surface area contributed by atoms with E-state index in [2.05, 4.69) is 4.52 Å². The minimum Gasteiger partial charge on any atom is -0.379 e. The molecule has 1 rings (SSSR count). The maximum atomic E-state index is 12.4. The molecule has 2 N–H and O–H groups in total. The summed E-state index contributed by atoms with van der Waals surface area (Å²) in [5.41, 5.74) is 0. The SMILES string of the molecule is BC1C[C@H](CCP(=O)(O)OC)[C@@H](OP(=O)(O)OC(C)CCC)[C@H]1OC. The van der Waals surface area contributed by atoms with Crippen molar-refractivity contribution in [1.29, 1.82) is 0 Å². The van der Waals surface area contributed by atoms with Crippen molar-refractivity contribution in [2.24, 2.45) is 5.92 Å². The Morgan fingerprint density at radius 2 is 1.88 bits per heavy atom. The highest BCUT2D eigenvalue weighted by molar-refractivity contribution is 7.52. The van der Waals surface area contributed by atoms with Gasteiger partial charge >= 0.3 is 15.4 Å². The molecule has 1 aliphatic carbocycles. The van der Waals surface area contributed by atoms with Crippen LogP contribution in [0.2, 0.25) is 5.82 Å². The largest absolute Gasteiger partial charge is 0.472 e. The summed E-state index contributed by atoms with van der Waals surface area (Å²) in [6, 6.07) is 0. The van der Waals surface area contributed by atoms with Gasteiger partial charge in [-0.1, -0.05) is 13.3 Å². The molecule has 0 heterocycles. The van der Waals surface area contributed by atoms with Crippen molar-refractivity contribution in [2.45, 2.75) is 63.7 Å². The fourth-order valence-corrected chi connectivity index (χ4v) is 5.47. The first kappa shape index (κ1) is 23.3. The zero-order chi connectivity index (χ0) is 19.3. The lowest BCUT2D eigenvalue weighted by atomic mass is 9.83. The minimum atomic E-state index is -4.26. The summed E-state index contributed by atoms with van der Waals surface area (Å²) in [6.45, 7) is 3.68. The third-order valence-electron chi connectivity index (χ3n) is 4.63. The highest BCUT2D eigenvalue weighted by Crippen LogP contribution is 2.53. The molecule has 0 radical (unpaired) electrons. The van der Waals surface area contributed by atoms with Crippen molar-refractivity contribution in [3.8, 4) is 0 Å². The summed E-state index contributed by atoms with van der Waals surface area (Å²) >= 11 is 0. The summed E-state index contributed by atoms with van der Waals surface area (Å²) in [6.07, 6.45) is 0.975. The standard InChI is InChI=1S/C14H31BO8P2/c1-5-6-10(2)22-25(18,19)23-13-11(7-8-24(16,17)21-4)9-12(15)14(13)20-3/h10-14H,5-9,15H2,1-4H3,(H,16,17)(H,18,19)/t10?,11-,12?,13+,14-/m0/s1. The predicted octanol–water partition coefficient (Wildman–Crippen LogP) is 2.36. The van der Waals surface area contributed by atoms with E-state index in [-0.39, 0.29) is 24.0 Å². The third kappa shape index (κ3) is 7.43. The molecule has 148 valence electrons. The van der Waals surface area contributed by atoms with Crippen LogP contribution in [-0.2, 0) is 27.4 Å². The molecule has 7 atom stereocenters. The summed E-state index contributed by atoms with van der Waals surface area (Å²) in [4.78, 5) is 19.7. The quantitative estimate of drug-likeness (QED) is 0.402. The van der Waals surface area contributed by atoms with Gasteiger partial charge in [0.05, 0.1) is 24.5 Å². The summed E-state index contributed by atoms with van der Waals surface area (Å²) in [7, 11) is -3.23. The Bertz CT molecular complexity index is 505. The second-order valence-electron chi connectivity index (χ2n) is 6.75. The maximum absolute atomic E-state index is 12.4. The van der Waals surface area contributed by atoms with Crippen molar-refractivity contribution in [2.75, 3.05) is 20.4 Å². The predicted molar refractivity (Wildman–Crippen MR) is 97.7 cm³/mol. The van der Waals surface area contributed by atoms with E-state index in [1.807, 2.05) is 14.8 Å². The van der Waals surface area contributed by atoms with E-state index >= 15 is 0 Å². The van der Waals surface area contributed by atoms with Gasteiger partial charge in [0.2, 0.25) is 0 Å². The zero-order valence-corrected chi connectivity index (χ0v) is 17.4. The Hall–Kier alpha value is 0.285. The second kappa shape index (κ2) is 10.0. The molecule has 0 aromatic carbocycles. The van der Waals surface area contributed by atoms with Crippen LogP contribution in [0, 0.1) is 5.92 Å². The molecule has 0 amide bonds. The van der Waals surface area contributed by atoms with Crippen LogP contribution in [0.25, 0.3) is 0 Å². The molecule has 0 aromatic rings. The molecular formula is C14H31BO8P2. The first-order valence-electron chi connectivity index (χ1n) is 8.65. The van der Waals surface area contributed by atoms with Crippen LogP contribution in [0.15, 0.2) is 0 Å². The summed E-state index contributed by atoms with van der Waals surface area (Å²) < 4.78 is 44.8. The average molecular weight is 400 g/mol.